The molecule has 0 unspecified atom stereocenters. The van der Waals surface area contributed by atoms with Gasteiger partial charge in [-0.1, -0.05) is 56.3 Å². The standard InChI is InChI=1S/C24H23N3O2/c1-15(2)21-12-25-23-22(16(21)3)26-14-27(23)13-17-8-10-18(11-9-17)19-6-4-5-7-20(19)24(28)29/h4-12,14-15H,13H2,1-3H3,(H,28,29). The van der Waals surface area contributed by atoms with E-state index in [2.05, 4.69) is 30.7 Å². The van der Waals surface area contributed by atoms with Crippen molar-refractivity contribution in [2.45, 2.75) is 33.2 Å². The third-order valence-corrected chi connectivity index (χ3v) is 5.32. The van der Waals surface area contributed by atoms with Gasteiger partial charge in [0.1, 0.15) is 5.52 Å². The van der Waals surface area contributed by atoms with Gasteiger partial charge in [-0.25, -0.2) is 14.8 Å². The van der Waals surface area contributed by atoms with Crippen molar-refractivity contribution >= 4 is 17.1 Å². The average Bonchev–Trinajstić information content (AvgIpc) is 3.12. The number of benzene rings is 2. The number of hydrogen-bond acceptors (Lipinski definition) is 3. The summed E-state index contributed by atoms with van der Waals surface area (Å²) in [4.78, 5) is 20.7. The number of carbonyl (C=O) groups is 1. The fraction of sp³-hybridized carbons (Fsp3) is 0.208. The third-order valence-electron chi connectivity index (χ3n) is 5.32. The first-order chi connectivity index (χ1) is 14.0. The number of carboxylic acids is 1. The first-order valence-electron chi connectivity index (χ1n) is 9.67. The summed E-state index contributed by atoms with van der Waals surface area (Å²) in [6.07, 6.45) is 3.79. The van der Waals surface area contributed by atoms with Crippen molar-refractivity contribution in [3.63, 3.8) is 0 Å². The highest BCUT2D eigenvalue weighted by Gasteiger charge is 2.13. The summed E-state index contributed by atoms with van der Waals surface area (Å²) >= 11 is 0. The van der Waals surface area contributed by atoms with E-state index in [1.807, 2.05) is 53.5 Å². The van der Waals surface area contributed by atoms with Crippen molar-refractivity contribution in [1.29, 1.82) is 0 Å². The lowest BCUT2D eigenvalue weighted by molar-refractivity contribution is 0.0697. The zero-order chi connectivity index (χ0) is 20.5. The Morgan fingerprint density at radius 2 is 1.79 bits per heavy atom. The van der Waals surface area contributed by atoms with E-state index in [0.29, 0.717) is 18.0 Å². The van der Waals surface area contributed by atoms with Crippen LogP contribution in [-0.2, 0) is 6.54 Å². The number of imidazole rings is 1. The number of aromatic carboxylic acids is 1. The monoisotopic (exact) mass is 385 g/mol. The van der Waals surface area contributed by atoms with Gasteiger partial charge < -0.3 is 9.67 Å². The minimum Gasteiger partial charge on any atom is -0.478 e. The van der Waals surface area contributed by atoms with Crippen LogP contribution in [0.25, 0.3) is 22.3 Å². The first kappa shape index (κ1) is 18.9. The highest BCUT2D eigenvalue weighted by atomic mass is 16.4. The van der Waals surface area contributed by atoms with E-state index in [-0.39, 0.29) is 0 Å². The molecule has 0 radical (unpaired) electrons. The maximum Gasteiger partial charge on any atom is 0.336 e. The zero-order valence-corrected chi connectivity index (χ0v) is 16.8. The molecule has 5 nitrogen and oxygen atoms in total. The fourth-order valence-electron chi connectivity index (χ4n) is 3.75. The number of nitrogens with zero attached hydrogens (tertiary/aromatic N) is 3. The van der Waals surface area contributed by atoms with E-state index in [9.17, 15) is 9.90 Å². The van der Waals surface area contributed by atoms with Crippen LogP contribution in [0.15, 0.2) is 61.1 Å². The molecule has 2 aromatic carbocycles. The van der Waals surface area contributed by atoms with Crippen LogP contribution in [0.2, 0.25) is 0 Å². The lowest BCUT2D eigenvalue weighted by Gasteiger charge is -2.11. The smallest absolute Gasteiger partial charge is 0.336 e. The van der Waals surface area contributed by atoms with E-state index in [1.165, 1.54) is 11.1 Å². The first-order valence-corrected chi connectivity index (χ1v) is 9.67. The number of fused-ring (bicyclic) bond motifs is 1. The molecule has 0 aliphatic carbocycles. The molecule has 0 amide bonds. The highest BCUT2D eigenvalue weighted by molar-refractivity contribution is 5.96. The molecule has 2 heterocycles. The Morgan fingerprint density at radius 1 is 1.07 bits per heavy atom. The minimum atomic E-state index is -0.920. The second-order valence-electron chi connectivity index (χ2n) is 7.59. The molecular weight excluding hydrogens is 362 g/mol. The molecule has 2 aromatic heterocycles. The predicted molar refractivity (Wildman–Crippen MR) is 114 cm³/mol. The van der Waals surface area contributed by atoms with Gasteiger partial charge in [-0.05, 0) is 46.7 Å². The molecule has 0 saturated carbocycles. The molecule has 0 aliphatic rings. The largest absolute Gasteiger partial charge is 0.478 e. The van der Waals surface area contributed by atoms with Crippen molar-refractivity contribution in [3.8, 4) is 11.1 Å². The van der Waals surface area contributed by atoms with Crippen LogP contribution in [0.1, 0.15) is 46.8 Å². The van der Waals surface area contributed by atoms with Crippen molar-refractivity contribution in [2.75, 3.05) is 0 Å². The van der Waals surface area contributed by atoms with Gasteiger partial charge in [0.2, 0.25) is 0 Å². The number of rotatable bonds is 5. The van der Waals surface area contributed by atoms with Crippen LogP contribution in [0.4, 0.5) is 0 Å². The van der Waals surface area contributed by atoms with Gasteiger partial charge in [0, 0.05) is 6.20 Å². The van der Waals surface area contributed by atoms with E-state index in [1.54, 1.807) is 12.1 Å². The van der Waals surface area contributed by atoms with E-state index < -0.39 is 5.97 Å². The van der Waals surface area contributed by atoms with E-state index in [4.69, 9.17) is 0 Å². The van der Waals surface area contributed by atoms with Crippen molar-refractivity contribution in [3.05, 3.63) is 83.3 Å². The Balaban J connectivity index is 1.63. The van der Waals surface area contributed by atoms with Gasteiger partial charge in [0.25, 0.3) is 0 Å². The number of pyridine rings is 1. The van der Waals surface area contributed by atoms with Crippen LogP contribution >= 0.6 is 0 Å². The van der Waals surface area contributed by atoms with Gasteiger partial charge in [0.15, 0.2) is 5.65 Å². The average molecular weight is 385 g/mol. The zero-order valence-electron chi connectivity index (χ0n) is 16.8. The normalized spacial score (nSPS) is 11.3. The predicted octanol–water partition coefficient (Wildman–Crippen LogP) is 5.28. The quantitative estimate of drug-likeness (QED) is 0.508. The topological polar surface area (TPSA) is 68.0 Å². The van der Waals surface area contributed by atoms with Crippen LogP contribution in [0.3, 0.4) is 0 Å². The van der Waals surface area contributed by atoms with Gasteiger partial charge in [-0.15, -0.1) is 0 Å². The van der Waals surface area contributed by atoms with E-state index >= 15 is 0 Å². The number of aryl methyl sites for hydroxylation is 1. The molecule has 5 heteroatoms. The van der Waals surface area contributed by atoms with Crippen LogP contribution < -0.4 is 0 Å². The van der Waals surface area contributed by atoms with Crippen LogP contribution in [0, 0.1) is 6.92 Å². The summed E-state index contributed by atoms with van der Waals surface area (Å²) in [6, 6.07) is 15.0. The summed E-state index contributed by atoms with van der Waals surface area (Å²) in [5.41, 5.74) is 7.26. The summed E-state index contributed by atoms with van der Waals surface area (Å²) in [7, 11) is 0. The lowest BCUT2D eigenvalue weighted by atomic mass is 9.98. The van der Waals surface area contributed by atoms with Crippen molar-refractivity contribution < 1.29 is 9.90 Å². The molecule has 1 N–H and O–H groups in total. The van der Waals surface area contributed by atoms with Gasteiger partial charge in [0.05, 0.1) is 18.4 Å². The molecule has 0 saturated heterocycles. The van der Waals surface area contributed by atoms with Gasteiger partial charge in [-0.2, -0.15) is 0 Å². The molecule has 0 fully saturated rings. The van der Waals surface area contributed by atoms with Crippen LogP contribution in [-0.4, -0.2) is 25.6 Å². The fourth-order valence-corrected chi connectivity index (χ4v) is 3.75. The molecule has 0 aliphatic heterocycles. The minimum absolute atomic E-state index is 0.307. The molecular formula is C24H23N3O2. The SMILES string of the molecule is Cc1c(C(C)C)cnc2c1ncn2Cc1ccc(-c2ccccc2C(=O)O)cc1. The highest BCUT2D eigenvalue weighted by Crippen LogP contribution is 2.26. The molecule has 0 bridgehead atoms. The van der Waals surface area contributed by atoms with Crippen molar-refractivity contribution in [1.82, 2.24) is 14.5 Å². The Labute approximate surface area is 169 Å². The summed E-state index contributed by atoms with van der Waals surface area (Å²) in [5.74, 6) is -0.505. The molecule has 0 spiro atoms. The molecule has 4 rings (SSSR count). The Morgan fingerprint density at radius 3 is 2.48 bits per heavy atom. The van der Waals surface area contributed by atoms with Gasteiger partial charge >= 0.3 is 5.97 Å². The number of carboxylic acid groups (broad SMARTS) is 1. The van der Waals surface area contributed by atoms with E-state index in [0.717, 1.165) is 27.9 Å². The summed E-state index contributed by atoms with van der Waals surface area (Å²) in [5, 5.41) is 9.41. The Kier molecular flexibility index (Phi) is 4.89. The van der Waals surface area contributed by atoms with Crippen molar-refractivity contribution in [2.24, 2.45) is 0 Å². The Hall–Kier alpha value is -3.47. The lowest BCUT2D eigenvalue weighted by Crippen LogP contribution is -2.02. The summed E-state index contributed by atoms with van der Waals surface area (Å²) < 4.78 is 2.05. The molecule has 0 atom stereocenters. The third kappa shape index (κ3) is 3.51. The second kappa shape index (κ2) is 7.51. The molecule has 146 valence electrons. The maximum atomic E-state index is 11.5. The van der Waals surface area contributed by atoms with Gasteiger partial charge in [-0.3, -0.25) is 0 Å². The van der Waals surface area contributed by atoms with Crippen LogP contribution in [0.5, 0.6) is 0 Å². The number of aromatic nitrogens is 3. The Bertz CT molecular complexity index is 1190. The number of hydrogen-bond donors (Lipinski definition) is 1. The summed E-state index contributed by atoms with van der Waals surface area (Å²) in [6.45, 7) is 7.09. The molecule has 29 heavy (non-hydrogen) atoms. The second-order valence-corrected chi connectivity index (χ2v) is 7.59. The molecule has 4 aromatic rings. The maximum absolute atomic E-state index is 11.5.